The molecule has 0 saturated heterocycles. The Kier molecular flexibility index (Phi) is 39.4. The molecule has 0 fully saturated rings. The second-order valence-electron chi connectivity index (χ2n) is 14.8. The van der Waals surface area contributed by atoms with E-state index < -0.39 is 12.1 Å². The highest BCUT2D eigenvalue weighted by Gasteiger charge is 2.17. The number of hydrogen-bond acceptors (Lipinski definition) is 3. The highest BCUT2D eigenvalue weighted by Crippen LogP contribution is 2.15. The Morgan fingerprint density at radius 2 is 0.812 bits per heavy atom. The van der Waals surface area contributed by atoms with Crippen LogP contribution in [-0.2, 0) is 4.79 Å². The van der Waals surface area contributed by atoms with Gasteiger partial charge in [0.1, 0.15) is 0 Å². The maximum absolute atomic E-state index is 12.3. The Bertz CT molecular complexity index is 691. The molecule has 48 heavy (non-hydrogen) atoms. The van der Waals surface area contributed by atoms with Crippen molar-refractivity contribution >= 4 is 5.91 Å². The number of carbonyl (C=O) groups excluding carboxylic acids is 1. The van der Waals surface area contributed by atoms with Gasteiger partial charge in [0.15, 0.2) is 0 Å². The number of unbranched alkanes of at least 4 members (excludes halogenated alkanes) is 30. The number of aliphatic hydroxyl groups excluding tert-OH is 2. The molecular weight excluding hydrogens is 590 g/mol. The van der Waals surface area contributed by atoms with Crippen molar-refractivity contribution in [1.29, 1.82) is 0 Å². The van der Waals surface area contributed by atoms with E-state index in [1.807, 2.05) is 6.08 Å². The van der Waals surface area contributed by atoms with Gasteiger partial charge in [-0.05, 0) is 32.1 Å². The van der Waals surface area contributed by atoms with Crippen LogP contribution in [0.4, 0.5) is 0 Å². The number of allylic oxidation sites excluding steroid dienone is 3. The van der Waals surface area contributed by atoms with Crippen molar-refractivity contribution in [3.05, 3.63) is 24.3 Å². The number of amides is 1. The van der Waals surface area contributed by atoms with Crippen LogP contribution in [0.3, 0.4) is 0 Å². The number of nitrogens with one attached hydrogen (secondary N) is 1. The SMILES string of the molecule is CCCCCCCCCCCCCCCCC/C=C/CC/C=C/C(O)C(CO)NC(=O)CCCCCCCCCCCCCCCCC. The van der Waals surface area contributed by atoms with Crippen LogP contribution < -0.4 is 5.32 Å². The zero-order valence-corrected chi connectivity index (χ0v) is 32.5. The van der Waals surface area contributed by atoms with Gasteiger partial charge < -0.3 is 15.5 Å². The average Bonchev–Trinajstić information content (AvgIpc) is 3.09. The zero-order valence-electron chi connectivity index (χ0n) is 32.5. The van der Waals surface area contributed by atoms with Crippen LogP contribution in [0.15, 0.2) is 24.3 Å². The van der Waals surface area contributed by atoms with Gasteiger partial charge in [0.05, 0.1) is 18.8 Å². The monoisotopic (exact) mass is 676 g/mol. The third-order valence-electron chi connectivity index (χ3n) is 9.94. The fourth-order valence-corrected chi connectivity index (χ4v) is 6.61. The topological polar surface area (TPSA) is 69.6 Å². The summed E-state index contributed by atoms with van der Waals surface area (Å²) in [4.78, 5) is 12.3. The lowest BCUT2D eigenvalue weighted by atomic mass is 10.0. The summed E-state index contributed by atoms with van der Waals surface area (Å²) in [6, 6.07) is -0.634. The van der Waals surface area contributed by atoms with E-state index in [0.717, 1.165) is 32.1 Å². The van der Waals surface area contributed by atoms with Crippen LogP contribution in [-0.4, -0.2) is 34.9 Å². The molecule has 0 aromatic rings. The average molecular weight is 676 g/mol. The van der Waals surface area contributed by atoms with Crippen molar-refractivity contribution in [2.24, 2.45) is 0 Å². The maximum Gasteiger partial charge on any atom is 0.220 e. The molecule has 4 nitrogen and oxygen atoms in total. The molecular formula is C44H85NO3. The van der Waals surface area contributed by atoms with Gasteiger partial charge in [-0.3, -0.25) is 4.79 Å². The van der Waals surface area contributed by atoms with Gasteiger partial charge in [-0.1, -0.05) is 218 Å². The molecule has 0 rings (SSSR count). The summed E-state index contributed by atoms with van der Waals surface area (Å²) in [7, 11) is 0. The van der Waals surface area contributed by atoms with Crippen LogP contribution in [0.25, 0.3) is 0 Å². The quantitative estimate of drug-likeness (QED) is 0.0448. The summed E-state index contributed by atoms with van der Waals surface area (Å²) in [6.45, 7) is 4.31. The molecule has 4 heteroatoms. The van der Waals surface area contributed by atoms with Crippen LogP contribution in [0.1, 0.15) is 232 Å². The second-order valence-corrected chi connectivity index (χ2v) is 14.8. The molecule has 2 unspecified atom stereocenters. The normalized spacial score (nSPS) is 13.2. The van der Waals surface area contributed by atoms with Gasteiger partial charge in [-0.25, -0.2) is 0 Å². The number of hydrogen-bond donors (Lipinski definition) is 3. The van der Waals surface area contributed by atoms with Crippen LogP contribution in [0.2, 0.25) is 0 Å². The standard InChI is InChI=1S/C44H85NO3/c1-3-5-7-9-11-13-15-17-19-20-21-22-23-24-26-27-29-31-33-35-37-39-43(47)42(41-46)45-44(48)40-38-36-34-32-30-28-25-18-16-14-12-10-8-6-4-2/h29,31,37,39,42-43,46-47H,3-28,30,32-36,38,40-41H2,1-2H3,(H,45,48)/b31-29+,39-37+. The van der Waals surface area contributed by atoms with Gasteiger partial charge in [0, 0.05) is 6.42 Å². The van der Waals surface area contributed by atoms with Crippen molar-refractivity contribution in [3.8, 4) is 0 Å². The number of carbonyl (C=O) groups is 1. The minimum Gasteiger partial charge on any atom is -0.394 e. The van der Waals surface area contributed by atoms with E-state index >= 15 is 0 Å². The summed E-state index contributed by atoms with van der Waals surface area (Å²) in [5, 5.41) is 23.0. The summed E-state index contributed by atoms with van der Waals surface area (Å²) in [5.41, 5.74) is 0. The molecule has 2 atom stereocenters. The molecule has 0 aliphatic carbocycles. The Hall–Kier alpha value is -1.13. The fourth-order valence-electron chi connectivity index (χ4n) is 6.61. The van der Waals surface area contributed by atoms with Crippen molar-refractivity contribution < 1.29 is 15.0 Å². The Morgan fingerprint density at radius 3 is 1.21 bits per heavy atom. The fraction of sp³-hybridized carbons (Fsp3) is 0.886. The predicted octanol–water partition coefficient (Wildman–Crippen LogP) is 13.2. The summed E-state index contributed by atoms with van der Waals surface area (Å²) in [5.74, 6) is -0.0714. The predicted molar refractivity (Wildman–Crippen MR) is 212 cm³/mol. The third-order valence-corrected chi connectivity index (χ3v) is 9.94. The molecule has 0 aromatic carbocycles. The first-order valence-electron chi connectivity index (χ1n) is 21.6. The van der Waals surface area contributed by atoms with Crippen molar-refractivity contribution in [3.63, 3.8) is 0 Å². The lowest BCUT2D eigenvalue weighted by molar-refractivity contribution is -0.123. The Labute approximate surface area is 300 Å². The first kappa shape index (κ1) is 46.9. The Morgan fingerprint density at radius 1 is 0.479 bits per heavy atom. The lowest BCUT2D eigenvalue weighted by Gasteiger charge is -2.19. The molecule has 1 amide bonds. The Balaban J connectivity index is 3.59. The number of aliphatic hydroxyl groups is 2. The minimum atomic E-state index is -0.857. The molecule has 0 aliphatic rings. The van der Waals surface area contributed by atoms with Crippen LogP contribution >= 0.6 is 0 Å². The summed E-state index contributed by atoms with van der Waals surface area (Å²) < 4.78 is 0. The highest BCUT2D eigenvalue weighted by atomic mass is 16.3. The second kappa shape index (κ2) is 40.3. The van der Waals surface area contributed by atoms with E-state index in [-0.39, 0.29) is 12.5 Å². The largest absolute Gasteiger partial charge is 0.394 e. The first-order chi connectivity index (χ1) is 23.7. The molecule has 0 heterocycles. The smallest absolute Gasteiger partial charge is 0.220 e. The van der Waals surface area contributed by atoms with E-state index in [1.165, 1.54) is 180 Å². The molecule has 0 saturated carbocycles. The van der Waals surface area contributed by atoms with Gasteiger partial charge in [0.25, 0.3) is 0 Å². The van der Waals surface area contributed by atoms with Crippen molar-refractivity contribution in [2.45, 2.75) is 244 Å². The highest BCUT2D eigenvalue weighted by molar-refractivity contribution is 5.76. The van der Waals surface area contributed by atoms with Crippen molar-refractivity contribution in [2.75, 3.05) is 6.61 Å². The van der Waals surface area contributed by atoms with E-state index in [0.29, 0.717) is 6.42 Å². The number of rotatable bonds is 39. The molecule has 284 valence electrons. The maximum atomic E-state index is 12.3. The lowest BCUT2D eigenvalue weighted by Crippen LogP contribution is -2.45. The van der Waals surface area contributed by atoms with Gasteiger partial charge >= 0.3 is 0 Å². The molecule has 0 aliphatic heterocycles. The summed E-state index contributed by atoms with van der Waals surface area (Å²) >= 11 is 0. The first-order valence-corrected chi connectivity index (χ1v) is 21.6. The van der Waals surface area contributed by atoms with Crippen molar-refractivity contribution in [1.82, 2.24) is 5.32 Å². The molecule has 0 radical (unpaired) electrons. The molecule has 0 bridgehead atoms. The van der Waals surface area contributed by atoms with Gasteiger partial charge in [-0.2, -0.15) is 0 Å². The molecule has 3 N–H and O–H groups in total. The van der Waals surface area contributed by atoms with Crippen LogP contribution in [0.5, 0.6) is 0 Å². The molecule has 0 spiro atoms. The summed E-state index contributed by atoms with van der Waals surface area (Å²) in [6.07, 6.45) is 51.4. The van der Waals surface area contributed by atoms with E-state index in [2.05, 4.69) is 31.3 Å². The van der Waals surface area contributed by atoms with Gasteiger partial charge in [0.2, 0.25) is 5.91 Å². The van der Waals surface area contributed by atoms with Gasteiger partial charge in [-0.15, -0.1) is 0 Å². The van der Waals surface area contributed by atoms with E-state index in [4.69, 9.17) is 0 Å². The zero-order chi connectivity index (χ0) is 35.0. The molecule has 0 aromatic heterocycles. The van der Waals surface area contributed by atoms with E-state index in [9.17, 15) is 15.0 Å². The van der Waals surface area contributed by atoms with Crippen LogP contribution in [0, 0.1) is 0 Å². The minimum absolute atomic E-state index is 0.0714. The van der Waals surface area contributed by atoms with E-state index in [1.54, 1.807) is 6.08 Å². The third kappa shape index (κ3) is 36.2.